The van der Waals surface area contributed by atoms with Crippen molar-refractivity contribution in [2.75, 3.05) is 11.1 Å². The van der Waals surface area contributed by atoms with Crippen LogP contribution in [0.2, 0.25) is 0 Å². The number of pyridine rings is 1. The van der Waals surface area contributed by atoms with Crippen molar-refractivity contribution in [3.05, 3.63) is 42.0 Å². The highest BCUT2D eigenvalue weighted by Gasteiger charge is 2.12. The maximum atomic E-state index is 11.8. The normalized spacial score (nSPS) is 9.94. The van der Waals surface area contributed by atoms with Crippen LogP contribution in [0.25, 0.3) is 0 Å². The third-order valence-corrected chi connectivity index (χ3v) is 2.10. The third-order valence-electron chi connectivity index (χ3n) is 2.10. The Kier molecular flexibility index (Phi) is 2.95. The molecule has 6 heteroatoms. The Morgan fingerprint density at radius 3 is 2.71 bits per heavy atom. The molecule has 2 aromatic rings. The molecular formula is C11H11N5O. The number of nitrogens with one attached hydrogen (secondary N) is 1. The number of nitrogens with two attached hydrogens (primary N) is 1. The van der Waals surface area contributed by atoms with Gasteiger partial charge in [-0.1, -0.05) is 0 Å². The molecule has 0 aliphatic carbocycles. The average Bonchev–Trinajstić information content (AvgIpc) is 2.29. The average molecular weight is 229 g/mol. The van der Waals surface area contributed by atoms with Crippen LogP contribution < -0.4 is 11.1 Å². The number of nitrogen functional groups attached to an aromatic ring is 1. The largest absolute Gasteiger partial charge is 0.382 e. The van der Waals surface area contributed by atoms with Crippen molar-refractivity contribution in [2.24, 2.45) is 0 Å². The number of carbonyl (C=O) groups excluding carboxylic acids is 1. The summed E-state index contributed by atoms with van der Waals surface area (Å²) in [5.74, 6) is 0.131. The van der Waals surface area contributed by atoms with Gasteiger partial charge in [0, 0.05) is 18.6 Å². The number of hydrogen-bond acceptors (Lipinski definition) is 5. The number of hydrogen-bond donors (Lipinski definition) is 2. The van der Waals surface area contributed by atoms with Gasteiger partial charge in [-0.05, 0) is 24.6 Å². The van der Waals surface area contributed by atoms with Gasteiger partial charge in [0.1, 0.15) is 5.82 Å². The lowest BCUT2D eigenvalue weighted by Crippen LogP contribution is -2.17. The van der Waals surface area contributed by atoms with Gasteiger partial charge < -0.3 is 11.1 Å². The molecule has 0 fully saturated rings. The second-order valence-corrected chi connectivity index (χ2v) is 3.46. The van der Waals surface area contributed by atoms with Gasteiger partial charge in [0.15, 0.2) is 11.5 Å². The van der Waals surface area contributed by atoms with Crippen molar-refractivity contribution in [3.63, 3.8) is 0 Å². The molecule has 0 bridgehead atoms. The number of rotatable bonds is 2. The van der Waals surface area contributed by atoms with Gasteiger partial charge in [-0.2, -0.15) is 0 Å². The second kappa shape index (κ2) is 4.56. The first-order valence-corrected chi connectivity index (χ1v) is 4.97. The Morgan fingerprint density at radius 2 is 2.00 bits per heavy atom. The van der Waals surface area contributed by atoms with E-state index in [4.69, 9.17) is 5.73 Å². The maximum Gasteiger partial charge on any atom is 0.279 e. The Bertz CT molecular complexity index is 555. The van der Waals surface area contributed by atoms with Crippen molar-refractivity contribution in [1.29, 1.82) is 0 Å². The molecule has 2 aromatic heterocycles. The minimum atomic E-state index is -0.423. The highest BCUT2D eigenvalue weighted by atomic mass is 16.2. The SMILES string of the molecule is Cc1ccnc(NC(=O)c2nccnc2N)c1. The molecular weight excluding hydrogens is 218 g/mol. The van der Waals surface area contributed by atoms with E-state index >= 15 is 0 Å². The van der Waals surface area contributed by atoms with E-state index in [9.17, 15) is 4.79 Å². The lowest BCUT2D eigenvalue weighted by molar-refractivity contribution is 0.102. The van der Waals surface area contributed by atoms with Gasteiger partial charge in [-0.25, -0.2) is 15.0 Å². The Balaban J connectivity index is 2.20. The molecule has 1 amide bonds. The summed E-state index contributed by atoms with van der Waals surface area (Å²) in [4.78, 5) is 23.5. The Morgan fingerprint density at radius 1 is 1.24 bits per heavy atom. The minimum Gasteiger partial charge on any atom is -0.382 e. The predicted octanol–water partition coefficient (Wildman–Crippen LogP) is 1.01. The van der Waals surface area contributed by atoms with Crippen LogP contribution in [0.4, 0.5) is 11.6 Å². The van der Waals surface area contributed by atoms with E-state index in [1.54, 1.807) is 12.3 Å². The standard InChI is InChI=1S/C11H11N5O/c1-7-2-3-13-8(6-7)16-11(17)9-10(12)15-5-4-14-9/h2-6H,1H3,(H2,12,15)(H,13,16,17). The first-order chi connectivity index (χ1) is 8.16. The highest BCUT2D eigenvalue weighted by molar-refractivity contribution is 6.05. The van der Waals surface area contributed by atoms with Crippen molar-refractivity contribution >= 4 is 17.5 Å². The number of aromatic nitrogens is 3. The summed E-state index contributed by atoms with van der Waals surface area (Å²) in [5, 5.41) is 2.61. The van der Waals surface area contributed by atoms with E-state index in [0.717, 1.165) is 5.56 Å². The zero-order valence-corrected chi connectivity index (χ0v) is 9.21. The van der Waals surface area contributed by atoms with Gasteiger partial charge in [0.25, 0.3) is 5.91 Å². The maximum absolute atomic E-state index is 11.8. The van der Waals surface area contributed by atoms with E-state index in [-0.39, 0.29) is 11.5 Å². The zero-order chi connectivity index (χ0) is 12.3. The van der Waals surface area contributed by atoms with Crippen LogP contribution in [-0.4, -0.2) is 20.9 Å². The minimum absolute atomic E-state index is 0.0933. The molecule has 3 N–H and O–H groups in total. The molecule has 0 unspecified atom stereocenters. The topological polar surface area (TPSA) is 93.8 Å². The lowest BCUT2D eigenvalue weighted by atomic mass is 10.3. The van der Waals surface area contributed by atoms with Crippen LogP contribution >= 0.6 is 0 Å². The van der Waals surface area contributed by atoms with Crippen LogP contribution in [0.15, 0.2) is 30.7 Å². The second-order valence-electron chi connectivity index (χ2n) is 3.46. The molecule has 2 rings (SSSR count). The van der Waals surface area contributed by atoms with E-state index < -0.39 is 5.91 Å². The van der Waals surface area contributed by atoms with Crippen LogP contribution in [0.3, 0.4) is 0 Å². The molecule has 86 valence electrons. The molecule has 0 saturated heterocycles. The molecule has 0 aliphatic rings. The number of anilines is 2. The van der Waals surface area contributed by atoms with Gasteiger partial charge in [-0.3, -0.25) is 4.79 Å². The van der Waals surface area contributed by atoms with Crippen molar-refractivity contribution in [2.45, 2.75) is 6.92 Å². The van der Waals surface area contributed by atoms with E-state index in [0.29, 0.717) is 5.82 Å². The van der Waals surface area contributed by atoms with Crippen LogP contribution in [0, 0.1) is 6.92 Å². The summed E-state index contributed by atoms with van der Waals surface area (Å²) in [6, 6.07) is 3.59. The number of nitrogens with zero attached hydrogens (tertiary/aromatic N) is 3. The smallest absolute Gasteiger partial charge is 0.279 e. The number of carbonyl (C=O) groups is 1. The van der Waals surface area contributed by atoms with Gasteiger partial charge in [-0.15, -0.1) is 0 Å². The van der Waals surface area contributed by atoms with E-state index in [1.807, 2.05) is 13.0 Å². The molecule has 0 aromatic carbocycles. The number of amides is 1. The zero-order valence-electron chi connectivity index (χ0n) is 9.21. The van der Waals surface area contributed by atoms with Crippen molar-refractivity contribution in [3.8, 4) is 0 Å². The van der Waals surface area contributed by atoms with Gasteiger partial charge in [0.2, 0.25) is 0 Å². The number of aryl methyl sites for hydroxylation is 1. The van der Waals surface area contributed by atoms with Crippen LogP contribution in [0.5, 0.6) is 0 Å². The lowest BCUT2D eigenvalue weighted by Gasteiger charge is -2.05. The first kappa shape index (κ1) is 11.0. The van der Waals surface area contributed by atoms with Crippen LogP contribution in [0.1, 0.15) is 16.1 Å². The summed E-state index contributed by atoms with van der Waals surface area (Å²) < 4.78 is 0. The van der Waals surface area contributed by atoms with Crippen molar-refractivity contribution < 1.29 is 4.79 Å². The fraction of sp³-hybridized carbons (Fsp3) is 0.0909. The summed E-state index contributed by atoms with van der Waals surface area (Å²) in [7, 11) is 0. The monoisotopic (exact) mass is 229 g/mol. The molecule has 0 saturated carbocycles. The summed E-state index contributed by atoms with van der Waals surface area (Å²) in [6.07, 6.45) is 4.46. The summed E-state index contributed by atoms with van der Waals surface area (Å²) >= 11 is 0. The fourth-order valence-corrected chi connectivity index (χ4v) is 1.30. The summed E-state index contributed by atoms with van der Waals surface area (Å²) in [5.41, 5.74) is 6.65. The Labute approximate surface area is 97.9 Å². The fourth-order valence-electron chi connectivity index (χ4n) is 1.30. The predicted molar refractivity (Wildman–Crippen MR) is 63.4 cm³/mol. The third kappa shape index (κ3) is 2.54. The van der Waals surface area contributed by atoms with Crippen molar-refractivity contribution in [1.82, 2.24) is 15.0 Å². The quantitative estimate of drug-likeness (QED) is 0.801. The van der Waals surface area contributed by atoms with Gasteiger partial charge >= 0.3 is 0 Å². The molecule has 2 heterocycles. The molecule has 0 spiro atoms. The molecule has 0 radical (unpaired) electrons. The highest BCUT2D eigenvalue weighted by Crippen LogP contribution is 2.09. The molecule has 0 atom stereocenters. The molecule has 6 nitrogen and oxygen atoms in total. The molecule has 17 heavy (non-hydrogen) atoms. The first-order valence-electron chi connectivity index (χ1n) is 4.97. The molecule has 0 aliphatic heterocycles. The van der Waals surface area contributed by atoms with Gasteiger partial charge in [0.05, 0.1) is 0 Å². The van der Waals surface area contributed by atoms with E-state index in [1.165, 1.54) is 12.4 Å². The Hall–Kier alpha value is -2.50. The van der Waals surface area contributed by atoms with Crippen LogP contribution in [-0.2, 0) is 0 Å². The van der Waals surface area contributed by atoms with E-state index in [2.05, 4.69) is 20.3 Å². The summed E-state index contributed by atoms with van der Waals surface area (Å²) in [6.45, 7) is 1.91.